The third-order valence-corrected chi connectivity index (χ3v) is 3.35. The molecule has 1 saturated heterocycles. The van der Waals surface area contributed by atoms with Crippen LogP contribution in [-0.4, -0.2) is 25.2 Å². The Morgan fingerprint density at radius 3 is 2.88 bits per heavy atom. The minimum Gasteiger partial charge on any atom is -0.464 e. The van der Waals surface area contributed by atoms with E-state index in [4.69, 9.17) is 4.74 Å². The molecule has 0 radical (unpaired) electrons. The van der Waals surface area contributed by atoms with Gasteiger partial charge in [-0.2, -0.15) is 0 Å². The fourth-order valence-electron chi connectivity index (χ4n) is 2.08. The average molecular weight is 227 g/mol. The summed E-state index contributed by atoms with van der Waals surface area (Å²) in [4.78, 5) is 11.7. The van der Waals surface area contributed by atoms with Crippen LogP contribution in [-0.2, 0) is 9.53 Å². The highest BCUT2D eigenvalue weighted by molar-refractivity contribution is 5.76. The van der Waals surface area contributed by atoms with Crippen LogP contribution in [0.3, 0.4) is 0 Å². The van der Waals surface area contributed by atoms with Crippen molar-refractivity contribution in [2.45, 2.75) is 58.4 Å². The van der Waals surface area contributed by atoms with E-state index in [1.165, 1.54) is 19.3 Å². The van der Waals surface area contributed by atoms with Crippen molar-refractivity contribution in [3.63, 3.8) is 0 Å². The number of carbonyl (C=O) groups is 1. The zero-order chi connectivity index (χ0) is 11.8. The summed E-state index contributed by atoms with van der Waals surface area (Å²) in [5.41, 5.74) is 0. The van der Waals surface area contributed by atoms with Gasteiger partial charge in [-0.3, -0.25) is 4.79 Å². The fraction of sp³-hybridized carbons (Fsp3) is 0.923. The van der Waals surface area contributed by atoms with Crippen molar-refractivity contribution in [3.8, 4) is 0 Å². The molecule has 2 atom stereocenters. The SMILES string of the molecule is CCCCC(CC)COC(=O)C1CCCN1. The molecule has 1 rings (SSSR count). The number of esters is 1. The normalized spacial score (nSPS) is 22.0. The third-order valence-electron chi connectivity index (χ3n) is 3.35. The molecule has 0 saturated carbocycles. The summed E-state index contributed by atoms with van der Waals surface area (Å²) < 4.78 is 5.37. The first kappa shape index (κ1) is 13.5. The first-order valence-electron chi connectivity index (χ1n) is 6.68. The number of nitrogens with one attached hydrogen (secondary N) is 1. The summed E-state index contributed by atoms with van der Waals surface area (Å²) in [6.45, 7) is 5.92. The van der Waals surface area contributed by atoms with Crippen molar-refractivity contribution in [3.05, 3.63) is 0 Å². The molecule has 3 heteroatoms. The largest absolute Gasteiger partial charge is 0.464 e. The van der Waals surface area contributed by atoms with Gasteiger partial charge in [0.1, 0.15) is 6.04 Å². The second-order valence-electron chi connectivity index (χ2n) is 4.70. The lowest BCUT2D eigenvalue weighted by Crippen LogP contribution is -2.33. The van der Waals surface area contributed by atoms with Crippen molar-refractivity contribution < 1.29 is 9.53 Å². The maximum atomic E-state index is 11.7. The van der Waals surface area contributed by atoms with Gasteiger partial charge in [0.15, 0.2) is 0 Å². The van der Waals surface area contributed by atoms with Gasteiger partial charge in [0.05, 0.1) is 6.61 Å². The third kappa shape index (κ3) is 4.52. The second-order valence-corrected chi connectivity index (χ2v) is 4.70. The van der Waals surface area contributed by atoms with Crippen molar-refractivity contribution in [2.24, 2.45) is 5.92 Å². The van der Waals surface area contributed by atoms with Crippen LogP contribution in [0, 0.1) is 5.92 Å². The Balaban J connectivity index is 2.17. The van der Waals surface area contributed by atoms with Gasteiger partial charge in [-0.05, 0) is 31.7 Å². The van der Waals surface area contributed by atoms with Gasteiger partial charge >= 0.3 is 5.97 Å². The molecule has 0 aromatic carbocycles. The highest BCUT2D eigenvalue weighted by Gasteiger charge is 2.23. The Kier molecular flexibility index (Phi) is 6.46. The Morgan fingerprint density at radius 1 is 1.50 bits per heavy atom. The summed E-state index contributed by atoms with van der Waals surface area (Å²) in [5, 5.41) is 3.17. The van der Waals surface area contributed by atoms with Gasteiger partial charge in [0.25, 0.3) is 0 Å². The lowest BCUT2D eigenvalue weighted by atomic mass is 10.0. The first-order chi connectivity index (χ1) is 7.77. The van der Waals surface area contributed by atoms with Crippen LogP contribution < -0.4 is 5.32 Å². The number of ether oxygens (including phenoxy) is 1. The number of unbranched alkanes of at least 4 members (excludes halogenated alkanes) is 1. The van der Waals surface area contributed by atoms with Crippen LogP contribution in [0.15, 0.2) is 0 Å². The lowest BCUT2D eigenvalue weighted by molar-refractivity contribution is -0.147. The molecule has 1 N–H and O–H groups in total. The first-order valence-corrected chi connectivity index (χ1v) is 6.68. The quantitative estimate of drug-likeness (QED) is 0.679. The molecule has 3 nitrogen and oxygen atoms in total. The van der Waals surface area contributed by atoms with Gasteiger partial charge in [-0.1, -0.05) is 33.1 Å². The lowest BCUT2D eigenvalue weighted by Gasteiger charge is -2.16. The molecule has 0 spiro atoms. The molecule has 0 aromatic rings. The molecule has 94 valence electrons. The Bertz CT molecular complexity index is 200. The van der Waals surface area contributed by atoms with Crippen LogP contribution in [0.5, 0.6) is 0 Å². The van der Waals surface area contributed by atoms with Gasteiger partial charge in [-0.15, -0.1) is 0 Å². The number of carbonyl (C=O) groups excluding carboxylic acids is 1. The predicted octanol–water partition coefficient (Wildman–Crippen LogP) is 2.50. The van der Waals surface area contributed by atoms with E-state index in [0.717, 1.165) is 25.8 Å². The van der Waals surface area contributed by atoms with Crippen molar-refractivity contribution >= 4 is 5.97 Å². The van der Waals surface area contributed by atoms with Crippen molar-refractivity contribution in [2.75, 3.05) is 13.2 Å². The summed E-state index contributed by atoms with van der Waals surface area (Å²) in [6.07, 6.45) is 6.76. The van der Waals surface area contributed by atoms with E-state index in [1.807, 2.05) is 0 Å². The maximum Gasteiger partial charge on any atom is 0.323 e. The van der Waals surface area contributed by atoms with Crippen LogP contribution >= 0.6 is 0 Å². The summed E-state index contributed by atoms with van der Waals surface area (Å²) in [5.74, 6) is 0.498. The molecular weight excluding hydrogens is 202 g/mol. The van der Waals surface area contributed by atoms with Gasteiger partial charge in [-0.25, -0.2) is 0 Å². The Morgan fingerprint density at radius 2 is 2.31 bits per heavy atom. The van der Waals surface area contributed by atoms with Crippen LogP contribution in [0.4, 0.5) is 0 Å². The number of hydrogen-bond donors (Lipinski definition) is 1. The predicted molar refractivity (Wildman–Crippen MR) is 65.3 cm³/mol. The van der Waals surface area contributed by atoms with E-state index >= 15 is 0 Å². The molecule has 2 unspecified atom stereocenters. The van der Waals surface area contributed by atoms with E-state index in [-0.39, 0.29) is 12.0 Å². The standard InChI is InChI=1S/C13H25NO2/c1-3-5-7-11(4-2)10-16-13(15)12-8-6-9-14-12/h11-12,14H,3-10H2,1-2H3. The smallest absolute Gasteiger partial charge is 0.323 e. The molecular formula is C13H25NO2. The minimum atomic E-state index is -0.0487. The van der Waals surface area contributed by atoms with E-state index in [2.05, 4.69) is 19.2 Å². The number of rotatable bonds is 7. The average Bonchev–Trinajstić information content (AvgIpc) is 2.82. The zero-order valence-corrected chi connectivity index (χ0v) is 10.6. The van der Waals surface area contributed by atoms with Crippen molar-refractivity contribution in [1.82, 2.24) is 5.32 Å². The molecule has 1 aliphatic rings. The van der Waals surface area contributed by atoms with Crippen LogP contribution in [0.2, 0.25) is 0 Å². The zero-order valence-electron chi connectivity index (χ0n) is 10.6. The summed E-state index contributed by atoms with van der Waals surface area (Å²) in [6, 6.07) is -0.0383. The molecule has 1 fully saturated rings. The topological polar surface area (TPSA) is 38.3 Å². The van der Waals surface area contributed by atoms with E-state index in [1.54, 1.807) is 0 Å². The molecule has 16 heavy (non-hydrogen) atoms. The Labute approximate surface area is 98.9 Å². The highest BCUT2D eigenvalue weighted by atomic mass is 16.5. The highest BCUT2D eigenvalue weighted by Crippen LogP contribution is 2.14. The van der Waals surface area contributed by atoms with Crippen LogP contribution in [0.1, 0.15) is 52.4 Å². The summed E-state index contributed by atoms with van der Waals surface area (Å²) >= 11 is 0. The molecule has 0 aliphatic carbocycles. The molecule has 1 aliphatic heterocycles. The molecule has 1 heterocycles. The Hall–Kier alpha value is -0.570. The molecule has 0 aromatic heterocycles. The number of hydrogen-bond acceptors (Lipinski definition) is 3. The maximum absolute atomic E-state index is 11.7. The van der Waals surface area contributed by atoms with Gasteiger partial charge in [0.2, 0.25) is 0 Å². The van der Waals surface area contributed by atoms with E-state index < -0.39 is 0 Å². The fourth-order valence-corrected chi connectivity index (χ4v) is 2.08. The van der Waals surface area contributed by atoms with Crippen molar-refractivity contribution in [1.29, 1.82) is 0 Å². The second kappa shape index (κ2) is 7.66. The molecule has 0 bridgehead atoms. The monoisotopic (exact) mass is 227 g/mol. The summed E-state index contributed by atoms with van der Waals surface area (Å²) in [7, 11) is 0. The van der Waals surface area contributed by atoms with E-state index in [9.17, 15) is 4.79 Å². The molecule has 0 amide bonds. The van der Waals surface area contributed by atoms with Gasteiger partial charge < -0.3 is 10.1 Å². The van der Waals surface area contributed by atoms with Gasteiger partial charge in [0, 0.05) is 0 Å². The van der Waals surface area contributed by atoms with Crippen LogP contribution in [0.25, 0.3) is 0 Å². The van der Waals surface area contributed by atoms with E-state index in [0.29, 0.717) is 12.5 Å². The minimum absolute atomic E-state index is 0.0383.